The van der Waals surface area contributed by atoms with Crippen LogP contribution in [-0.4, -0.2) is 50.8 Å². The molecule has 156 valence electrons. The van der Waals surface area contributed by atoms with E-state index >= 15 is 0 Å². The lowest BCUT2D eigenvalue weighted by molar-refractivity contribution is -0.139. The van der Waals surface area contributed by atoms with Crippen molar-refractivity contribution in [3.05, 3.63) is 29.2 Å². The molecule has 10 nitrogen and oxygen atoms in total. The molecule has 2 saturated carbocycles. The predicted octanol–water partition coefficient (Wildman–Crippen LogP) is 1.44. The van der Waals surface area contributed by atoms with Crippen LogP contribution in [0.4, 0.5) is 5.82 Å². The average molecular weight is 403 g/mol. The molecule has 2 unspecified atom stereocenters. The first-order valence-corrected chi connectivity index (χ1v) is 9.55. The number of carboxylic acids is 1. The first kappa shape index (κ1) is 19.6. The fourth-order valence-corrected chi connectivity index (χ4v) is 4.63. The number of hydrogen-bond acceptors (Lipinski definition) is 6. The molecule has 2 aliphatic rings. The summed E-state index contributed by atoms with van der Waals surface area (Å²) in [6.45, 7) is 0.595. The molecule has 10 heteroatoms. The van der Waals surface area contributed by atoms with E-state index < -0.39 is 5.97 Å². The van der Waals surface area contributed by atoms with Gasteiger partial charge in [0, 0.05) is 38.9 Å². The number of aryl methyl sites for hydroxylation is 1. The second-order valence-electron chi connectivity index (χ2n) is 7.76. The fraction of sp³-hybridized carbons (Fsp3) is 0.579. The van der Waals surface area contributed by atoms with Crippen LogP contribution in [0, 0.1) is 17.8 Å². The highest BCUT2D eigenvalue weighted by Crippen LogP contribution is 2.62. The molecule has 0 bridgehead atoms. The number of nitrogens with one attached hydrogen (secondary N) is 1. The minimum Gasteiger partial charge on any atom is -0.481 e. The third-order valence-electron chi connectivity index (χ3n) is 5.91. The Balaban J connectivity index is 1.48. The van der Waals surface area contributed by atoms with Gasteiger partial charge in [-0.05, 0) is 30.7 Å². The number of methoxy groups -OCH3 is 2. The number of amides is 1. The molecule has 2 aliphatic carbocycles. The van der Waals surface area contributed by atoms with Gasteiger partial charge >= 0.3 is 5.97 Å². The van der Waals surface area contributed by atoms with Crippen molar-refractivity contribution in [3.8, 4) is 0 Å². The number of rotatable bonds is 8. The van der Waals surface area contributed by atoms with Crippen LogP contribution >= 0.6 is 0 Å². The lowest BCUT2D eigenvalue weighted by Crippen LogP contribution is -2.16. The summed E-state index contributed by atoms with van der Waals surface area (Å²) in [5.74, 6) is -0.0525. The number of hydrogen-bond donors (Lipinski definition) is 2. The van der Waals surface area contributed by atoms with E-state index in [4.69, 9.17) is 9.47 Å². The highest BCUT2D eigenvalue weighted by Gasteiger charge is 2.60. The summed E-state index contributed by atoms with van der Waals surface area (Å²) in [5.41, 5.74) is 2.04. The van der Waals surface area contributed by atoms with E-state index in [-0.39, 0.29) is 36.3 Å². The van der Waals surface area contributed by atoms with Crippen LogP contribution in [0.5, 0.6) is 0 Å². The van der Waals surface area contributed by atoms with Gasteiger partial charge in [-0.15, -0.1) is 0 Å². The first-order valence-electron chi connectivity index (χ1n) is 9.55. The molecule has 29 heavy (non-hydrogen) atoms. The smallest absolute Gasteiger partial charge is 0.307 e. The lowest BCUT2D eigenvalue weighted by atomic mass is 9.96. The van der Waals surface area contributed by atoms with E-state index in [1.807, 2.05) is 6.07 Å². The van der Waals surface area contributed by atoms with Crippen LogP contribution < -0.4 is 5.32 Å². The van der Waals surface area contributed by atoms with Crippen LogP contribution in [0.25, 0.3) is 0 Å². The van der Waals surface area contributed by atoms with Crippen molar-refractivity contribution in [1.29, 1.82) is 0 Å². The maximum atomic E-state index is 12.7. The quantitative estimate of drug-likeness (QED) is 0.684. The molecule has 4 atom stereocenters. The van der Waals surface area contributed by atoms with Crippen molar-refractivity contribution in [2.75, 3.05) is 19.5 Å². The minimum atomic E-state index is -0.694. The molecule has 2 heterocycles. The van der Waals surface area contributed by atoms with Crippen LogP contribution in [-0.2, 0) is 34.7 Å². The zero-order valence-corrected chi connectivity index (χ0v) is 16.7. The lowest BCUT2D eigenvalue weighted by Gasteiger charge is -2.14. The van der Waals surface area contributed by atoms with Gasteiger partial charge in [-0.3, -0.25) is 14.3 Å². The molecule has 1 amide bonds. The van der Waals surface area contributed by atoms with Gasteiger partial charge in [0.2, 0.25) is 0 Å². The number of carbonyl (C=O) groups is 2. The van der Waals surface area contributed by atoms with Crippen molar-refractivity contribution in [1.82, 2.24) is 19.6 Å². The van der Waals surface area contributed by atoms with Crippen LogP contribution in [0.3, 0.4) is 0 Å². The Morgan fingerprint density at radius 1 is 1.21 bits per heavy atom. The van der Waals surface area contributed by atoms with Crippen molar-refractivity contribution >= 4 is 17.7 Å². The summed E-state index contributed by atoms with van der Waals surface area (Å²) in [6, 6.07) is 3.54. The van der Waals surface area contributed by atoms with E-state index in [2.05, 4.69) is 15.5 Å². The van der Waals surface area contributed by atoms with Gasteiger partial charge in [-0.2, -0.15) is 10.2 Å². The topological polar surface area (TPSA) is 121 Å². The van der Waals surface area contributed by atoms with Crippen LogP contribution in [0.15, 0.2) is 12.1 Å². The highest BCUT2D eigenvalue weighted by molar-refractivity contribution is 6.02. The Hall–Kier alpha value is -2.72. The van der Waals surface area contributed by atoms with E-state index in [0.717, 1.165) is 18.5 Å². The zero-order valence-electron chi connectivity index (χ0n) is 16.7. The Kier molecular flexibility index (Phi) is 5.13. The molecule has 0 saturated heterocycles. The van der Waals surface area contributed by atoms with Gasteiger partial charge in [0.15, 0.2) is 5.82 Å². The SMILES string of the molecule is COCc1cc(C(=O)Nc2cc(C3C[C@@H]4C(C(=O)O)[C@@H]4C3)n(COC)n2)n(C)n1. The van der Waals surface area contributed by atoms with Gasteiger partial charge in [0.25, 0.3) is 5.91 Å². The van der Waals surface area contributed by atoms with Crippen molar-refractivity contribution in [3.63, 3.8) is 0 Å². The summed E-state index contributed by atoms with van der Waals surface area (Å²) < 4.78 is 13.5. The van der Waals surface area contributed by atoms with E-state index in [0.29, 0.717) is 23.8 Å². The molecular formula is C19H25N5O5. The Labute approximate surface area is 167 Å². The molecule has 0 spiro atoms. The monoisotopic (exact) mass is 403 g/mol. The molecule has 2 N–H and O–H groups in total. The Morgan fingerprint density at radius 3 is 2.55 bits per heavy atom. The third-order valence-corrected chi connectivity index (χ3v) is 5.91. The molecule has 2 aromatic rings. The standard InChI is InChI=1S/C19H25N5O5/c1-23-15(6-11(21-23)8-28-2)18(25)20-16-7-14(24(22-16)9-29-3)10-4-12-13(5-10)17(12)19(26)27/h6-7,10,12-13,17H,4-5,8-9H2,1-3H3,(H,26,27)(H,20,22,25)/t10?,12-,13+,17?. The van der Waals surface area contributed by atoms with Crippen molar-refractivity contribution in [2.24, 2.45) is 24.8 Å². The predicted molar refractivity (Wildman–Crippen MR) is 101 cm³/mol. The molecular weight excluding hydrogens is 378 g/mol. The second-order valence-corrected chi connectivity index (χ2v) is 7.76. The Bertz CT molecular complexity index is 924. The maximum Gasteiger partial charge on any atom is 0.307 e. The van der Waals surface area contributed by atoms with Gasteiger partial charge in [-0.1, -0.05) is 0 Å². The third kappa shape index (κ3) is 3.65. The second kappa shape index (κ2) is 7.60. The summed E-state index contributed by atoms with van der Waals surface area (Å²) in [5, 5.41) is 20.8. The number of carboxylic acid groups (broad SMARTS) is 1. The largest absolute Gasteiger partial charge is 0.481 e. The van der Waals surface area contributed by atoms with Gasteiger partial charge < -0.3 is 19.9 Å². The number of aromatic nitrogens is 4. The highest BCUT2D eigenvalue weighted by atomic mass is 16.5. The van der Waals surface area contributed by atoms with Gasteiger partial charge in [-0.25, -0.2) is 4.68 Å². The summed E-state index contributed by atoms with van der Waals surface area (Å²) in [4.78, 5) is 23.9. The average Bonchev–Trinajstić information content (AvgIpc) is 3.00. The molecule has 4 rings (SSSR count). The zero-order chi connectivity index (χ0) is 20.7. The first-order chi connectivity index (χ1) is 13.9. The van der Waals surface area contributed by atoms with Gasteiger partial charge in [0.05, 0.1) is 18.2 Å². The van der Waals surface area contributed by atoms with Crippen LogP contribution in [0.1, 0.15) is 40.6 Å². The fourth-order valence-electron chi connectivity index (χ4n) is 4.63. The summed E-state index contributed by atoms with van der Waals surface area (Å²) >= 11 is 0. The van der Waals surface area contributed by atoms with E-state index in [1.54, 1.807) is 32.0 Å². The Morgan fingerprint density at radius 2 is 1.93 bits per heavy atom. The van der Waals surface area contributed by atoms with Crippen molar-refractivity contribution < 1.29 is 24.2 Å². The van der Waals surface area contributed by atoms with Crippen molar-refractivity contribution in [2.45, 2.75) is 32.1 Å². The summed E-state index contributed by atoms with van der Waals surface area (Å²) in [6.07, 6.45) is 1.65. The molecule has 2 aromatic heterocycles. The maximum absolute atomic E-state index is 12.7. The van der Waals surface area contributed by atoms with Gasteiger partial charge in [0.1, 0.15) is 12.4 Å². The van der Waals surface area contributed by atoms with E-state index in [1.165, 1.54) is 4.68 Å². The van der Waals surface area contributed by atoms with Crippen LogP contribution in [0.2, 0.25) is 0 Å². The molecule has 0 aliphatic heterocycles. The molecule has 0 aromatic carbocycles. The number of aliphatic carboxylic acids is 1. The number of carbonyl (C=O) groups excluding carboxylic acids is 1. The molecule has 0 radical (unpaired) electrons. The molecule has 2 fully saturated rings. The normalized spacial score (nSPS) is 25.1. The number of anilines is 1. The number of nitrogens with zero attached hydrogens (tertiary/aromatic N) is 4. The summed E-state index contributed by atoms with van der Waals surface area (Å²) in [7, 11) is 4.86. The number of fused-ring (bicyclic) bond motifs is 1. The van der Waals surface area contributed by atoms with E-state index in [9.17, 15) is 14.7 Å². The number of ether oxygens (including phenoxy) is 2. The minimum absolute atomic E-state index is 0.199.